The Morgan fingerprint density at radius 1 is 0.913 bits per heavy atom. The van der Waals surface area contributed by atoms with Crippen molar-refractivity contribution in [2.75, 3.05) is 0 Å². The highest BCUT2D eigenvalue weighted by molar-refractivity contribution is 6.35. The minimum atomic E-state index is -1.18. The number of hydrogen-bond donors (Lipinski definition) is 1. The van der Waals surface area contributed by atoms with E-state index in [1.54, 1.807) is 0 Å². The Bertz CT molecular complexity index is 962. The van der Waals surface area contributed by atoms with Gasteiger partial charge in [-0.2, -0.15) is 0 Å². The minimum absolute atomic E-state index is 0.00472. The van der Waals surface area contributed by atoms with Crippen LogP contribution in [0, 0.1) is 23.3 Å². The summed E-state index contributed by atoms with van der Waals surface area (Å²) in [4.78, 5) is 25.0. The van der Waals surface area contributed by atoms with Gasteiger partial charge in [0, 0.05) is 22.5 Å². The average molecular weight is 321 g/mol. The van der Waals surface area contributed by atoms with E-state index in [-0.39, 0.29) is 34.0 Å². The first-order valence-electron chi connectivity index (χ1n) is 6.38. The van der Waals surface area contributed by atoms with Crippen molar-refractivity contribution in [1.82, 2.24) is 4.98 Å². The molecule has 1 N–H and O–H groups in total. The van der Waals surface area contributed by atoms with Crippen LogP contribution in [0.15, 0.2) is 30.3 Å². The summed E-state index contributed by atoms with van der Waals surface area (Å²) in [5.74, 6) is -5.59. The van der Waals surface area contributed by atoms with Crippen molar-refractivity contribution in [3.05, 3.63) is 59.3 Å². The van der Waals surface area contributed by atoms with Crippen LogP contribution in [0.2, 0.25) is 0 Å². The van der Waals surface area contributed by atoms with Crippen molar-refractivity contribution in [2.45, 2.75) is 0 Å². The fourth-order valence-corrected chi connectivity index (χ4v) is 2.38. The van der Waals surface area contributed by atoms with E-state index < -0.39 is 29.1 Å². The highest BCUT2D eigenvalue weighted by Gasteiger charge is 2.21. The molecule has 116 valence electrons. The lowest BCUT2D eigenvalue weighted by atomic mass is 10.00. The van der Waals surface area contributed by atoms with Crippen molar-refractivity contribution >= 4 is 23.0 Å². The predicted octanol–water partition coefficient (Wildman–Crippen LogP) is 3.77. The maximum atomic E-state index is 13.5. The number of nitrogens with one attached hydrogen (secondary N) is 1. The van der Waals surface area contributed by atoms with Crippen molar-refractivity contribution in [2.24, 2.45) is 0 Å². The van der Waals surface area contributed by atoms with Crippen LogP contribution in [-0.4, -0.2) is 17.1 Å². The Balaban J connectivity index is 2.39. The molecule has 0 bridgehead atoms. The fourth-order valence-electron chi connectivity index (χ4n) is 2.38. The first-order chi connectivity index (χ1) is 10.9. The molecular weight excluding hydrogens is 314 g/mol. The second kappa shape index (κ2) is 5.35. The third-order valence-corrected chi connectivity index (χ3v) is 3.40. The molecule has 3 rings (SSSR count). The van der Waals surface area contributed by atoms with Crippen LogP contribution < -0.4 is 0 Å². The Morgan fingerprint density at radius 3 is 2.22 bits per heavy atom. The van der Waals surface area contributed by atoms with Crippen LogP contribution >= 0.6 is 0 Å². The molecule has 3 aromatic rings. The summed E-state index contributed by atoms with van der Waals surface area (Å²) in [6.45, 7) is 0. The van der Waals surface area contributed by atoms with Gasteiger partial charge in [-0.1, -0.05) is 6.07 Å². The molecule has 0 aliphatic rings. The number of carbonyl (C=O) groups is 2. The smallest absolute Gasteiger partial charge is 0.242 e. The van der Waals surface area contributed by atoms with Crippen LogP contribution in [0.25, 0.3) is 22.0 Å². The number of hydrogen-bond acceptors (Lipinski definition) is 2. The number of aldehydes is 1. The quantitative estimate of drug-likeness (QED) is 0.345. The molecule has 0 amide bonds. The molecule has 0 saturated heterocycles. The number of fused-ring (bicyclic) bond motifs is 1. The molecule has 0 atom stereocenters. The summed E-state index contributed by atoms with van der Waals surface area (Å²) in [7, 11) is 0. The molecular formula is C16H7F4NO2. The Morgan fingerprint density at radius 2 is 1.57 bits per heavy atom. The number of carbonyl (C=O) groups excluding carboxylic acids is 2. The monoisotopic (exact) mass is 321 g/mol. The largest absolute Gasteiger partial charge is 0.351 e. The van der Waals surface area contributed by atoms with Gasteiger partial charge >= 0.3 is 0 Å². The van der Waals surface area contributed by atoms with Gasteiger partial charge in [-0.3, -0.25) is 9.59 Å². The maximum Gasteiger partial charge on any atom is 0.242 e. The fraction of sp³-hybridized carbons (Fsp3) is 0. The van der Waals surface area contributed by atoms with Gasteiger partial charge in [0.05, 0.1) is 5.69 Å². The molecule has 0 unspecified atom stereocenters. The van der Waals surface area contributed by atoms with Crippen LogP contribution in [0.4, 0.5) is 17.6 Å². The van der Waals surface area contributed by atoms with E-state index in [1.165, 1.54) is 6.07 Å². The molecule has 0 spiro atoms. The molecule has 0 fully saturated rings. The summed E-state index contributed by atoms with van der Waals surface area (Å²) in [5, 5.41) is 0.0695. The normalized spacial score (nSPS) is 11.0. The summed E-state index contributed by atoms with van der Waals surface area (Å²) in [5.41, 5.74) is -0.166. The Hall–Kier alpha value is -2.96. The van der Waals surface area contributed by atoms with Crippen LogP contribution in [-0.2, 0) is 4.79 Å². The molecule has 0 aliphatic carbocycles. The molecule has 1 heterocycles. The topological polar surface area (TPSA) is 49.9 Å². The predicted molar refractivity (Wildman–Crippen MR) is 74.0 cm³/mol. The highest BCUT2D eigenvalue weighted by atomic mass is 19.2. The molecule has 0 radical (unpaired) electrons. The number of aromatic nitrogens is 1. The number of aromatic amines is 1. The summed E-state index contributed by atoms with van der Waals surface area (Å²) >= 11 is 0. The molecule has 3 nitrogen and oxygen atoms in total. The van der Waals surface area contributed by atoms with Gasteiger partial charge in [0.15, 0.2) is 29.6 Å². The second-order valence-electron chi connectivity index (χ2n) is 4.80. The minimum Gasteiger partial charge on any atom is -0.351 e. The molecule has 1 aromatic heterocycles. The van der Waals surface area contributed by atoms with Gasteiger partial charge in [-0.25, -0.2) is 17.6 Å². The third-order valence-electron chi connectivity index (χ3n) is 3.40. The maximum absolute atomic E-state index is 13.5. The number of rotatable bonds is 3. The number of halogens is 4. The lowest BCUT2D eigenvalue weighted by Gasteiger charge is -2.04. The Labute approximate surface area is 126 Å². The van der Waals surface area contributed by atoms with E-state index in [0.29, 0.717) is 0 Å². The lowest BCUT2D eigenvalue weighted by molar-refractivity contribution is -0.104. The summed E-state index contributed by atoms with van der Waals surface area (Å²) in [6.07, 6.45) is 0.0147. The van der Waals surface area contributed by atoms with Gasteiger partial charge in [-0.05, 0) is 23.8 Å². The second-order valence-corrected chi connectivity index (χ2v) is 4.80. The van der Waals surface area contributed by atoms with Gasteiger partial charge in [-0.15, -0.1) is 0 Å². The van der Waals surface area contributed by atoms with E-state index in [9.17, 15) is 27.2 Å². The number of ketones is 1. The van der Waals surface area contributed by atoms with Gasteiger partial charge in [0.2, 0.25) is 5.78 Å². The van der Waals surface area contributed by atoms with E-state index in [4.69, 9.17) is 0 Å². The Kier molecular flexibility index (Phi) is 3.48. The number of benzene rings is 2. The van der Waals surface area contributed by atoms with Crippen molar-refractivity contribution in [1.29, 1.82) is 0 Å². The van der Waals surface area contributed by atoms with E-state index in [0.717, 1.165) is 24.3 Å². The zero-order valence-corrected chi connectivity index (χ0v) is 11.3. The van der Waals surface area contributed by atoms with E-state index in [1.807, 2.05) is 0 Å². The lowest BCUT2D eigenvalue weighted by Crippen LogP contribution is -2.02. The first-order valence-corrected chi connectivity index (χ1v) is 6.38. The van der Waals surface area contributed by atoms with Gasteiger partial charge in [0.25, 0.3) is 0 Å². The van der Waals surface area contributed by atoms with Crippen molar-refractivity contribution < 1.29 is 27.2 Å². The molecule has 23 heavy (non-hydrogen) atoms. The van der Waals surface area contributed by atoms with Crippen molar-refractivity contribution in [3.8, 4) is 11.1 Å². The van der Waals surface area contributed by atoms with Crippen molar-refractivity contribution in [3.63, 3.8) is 0 Å². The molecule has 0 saturated carbocycles. The third kappa shape index (κ3) is 2.40. The molecule has 2 aromatic carbocycles. The number of H-pyrrole nitrogens is 1. The highest BCUT2D eigenvalue weighted by Crippen LogP contribution is 2.34. The summed E-state index contributed by atoms with van der Waals surface area (Å²) < 4.78 is 53.4. The van der Waals surface area contributed by atoms with Crippen LogP contribution in [0.1, 0.15) is 10.5 Å². The standard InChI is InChI=1S/C16H7F4NO2/c17-9-2-1-7(3-10(9)18)15-8-4-11(19)12(20)5-13(8)21-16(15)14(23)6-22/h1-6,21H. The van der Waals surface area contributed by atoms with E-state index >= 15 is 0 Å². The number of Topliss-reactive ketones (excluding diaryl/α,β-unsaturated/α-hetero) is 1. The van der Waals surface area contributed by atoms with E-state index in [2.05, 4.69) is 4.98 Å². The first kappa shape index (κ1) is 15.0. The zero-order chi connectivity index (χ0) is 16.7. The zero-order valence-electron chi connectivity index (χ0n) is 11.3. The van der Waals surface area contributed by atoms with Crippen LogP contribution in [0.3, 0.4) is 0 Å². The van der Waals surface area contributed by atoms with Gasteiger partial charge in [0.1, 0.15) is 0 Å². The molecule has 7 heteroatoms. The van der Waals surface area contributed by atoms with Crippen LogP contribution in [0.5, 0.6) is 0 Å². The average Bonchev–Trinajstić information content (AvgIpc) is 2.88. The summed E-state index contributed by atoms with van der Waals surface area (Å²) in [6, 6.07) is 4.44. The SMILES string of the molecule is O=CC(=O)c1[nH]c2cc(F)c(F)cc2c1-c1ccc(F)c(F)c1. The molecule has 0 aliphatic heterocycles. The van der Waals surface area contributed by atoms with Gasteiger partial charge < -0.3 is 4.98 Å².